The Kier molecular flexibility index (Phi) is 24.1. The van der Waals surface area contributed by atoms with Crippen molar-refractivity contribution in [2.75, 3.05) is 32.7 Å². The first-order valence-electron chi connectivity index (χ1n) is 22.7. The molecule has 5 N–H and O–H groups in total. The van der Waals surface area contributed by atoms with Crippen LogP contribution < -0.4 is 21.7 Å². The molecule has 3 rings (SSSR count). The molecule has 0 aliphatic carbocycles. The third kappa shape index (κ3) is 17.7. The van der Waals surface area contributed by atoms with Crippen molar-refractivity contribution in [2.24, 2.45) is 5.73 Å². The van der Waals surface area contributed by atoms with Crippen LogP contribution in [0.25, 0.3) is 0 Å². The molecule has 0 saturated carbocycles. The van der Waals surface area contributed by atoms with Gasteiger partial charge in [-0.2, -0.15) is 0 Å². The molecule has 312 valence electrons. The number of amides is 4. The van der Waals surface area contributed by atoms with Crippen molar-refractivity contribution in [2.45, 2.75) is 218 Å². The normalized spacial score (nSPS) is 21.4. The second kappa shape index (κ2) is 28.2. The van der Waals surface area contributed by atoms with Crippen molar-refractivity contribution < 1.29 is 23.9 Å². The molecule has 3 heterocycles. The van der Waals surface area contributed by atoms with Crippen LogP contribution in [0.1, 0.15) is 187 Å². The topological polar surface area (TPSA) is 149 Å². The second-order valence-corrected chi connectivity index (χ2v) is 16.3. The zero-order valence-corrected chi connectivity index (χ0v) is 34.5. The number of carbonyl (C=O) groups excluding carboxylic acids is 4. The van der Waals surface area contributed by atoms with Crippen molar-refractivity contribution in [3.63, 3.8) is 0 Å². The van der Waals surface area contributed by atoms with E-state index in [-0.39, 0.29) is 42.0 Å². The lowest BCUT2D eigenvalue weighted by Gasteiger charge is -2.26. The van der Waals surface area contributed by atoms with E-state index in [1.54, 1.807) is 4.90 Å². The molecule has 4 amide bonds. The fourth-order valence-corrected chi connectivity index (χ4v) is 8.40. The van der Waals surface area contributed by atoms with E-state index in [2.05, 4.69) is 34.7 Å². The maximum atomic E-state index is 13.5. The highest BCUT2D eigenvalue weighted by atomic mass is 16.6. The van der Waals surface area contributed by atoms with Crippen LogP contribution in [0.2, 0.25) is 0 Å². The number of hydrogen-bond donors (Lipinski definition) is 4. The molecular weight excluding hydrogens is 681 g/mol. The lowest BCUT2D eigenvalue weighted by molar-refractivity contribution is -0.139. The van der Waals surface area contributed by atoms with Gasteiger partial charge < -0.3 is 30.9 Å². The number of nitrogens with zero attached hydrogens (tertiary/aromatic N) is 2. The Morgan fingerprint density at radius 3 is 1.80 bits per heavy atom. The predicted octanol–water partition coefficient (Wildman–Crippen LogP) is 6.85. The fraction of sp³-hybridized carbons (Fsp3) is 0.907. The lowest BCUT2D eigenvalue weighted by atomic mass is 10.1. The Hall–Kier alpha value is -2.24. The van der Waals surface area contributed by atoms with E-state index in [4.69, 9.17) is 10.5 Å². The van der Waals surface area contributed by atoms with Crippen molar-refractivity contribution in [3.05, 3.63) is 0 Å². The highest BCUT2D eigenvalue weighted by Crippen LogP contribution is 2.33. The zero-order chi connectivity index (χ0) is 38.8. The molecule has 3 fully saturated rings. The third-order valence-corrected chi connectivity index (χ3v) is 11.7. The Labute approximate surface area is 328 Å². The summed E-state index contributed by atoms with van der Waals surface area (Å²) in [4.78, 5) is 56.5. The number of ether oxygens (including phenoxy) is 1. The Bertz CT molecular complexity index is 1060. The van der Waals surface area contributed by atoms with E-state index in [1.807, 2.05) is 0 Å². The molecule has 0 aromatic rings. The van der Waals surface area contributed by atoms with Gasteiger partial charge >= 0.3 is 0 Å². The summed E-state index contributed by atoms with van der Waals surface area (Å²) in [5.41, 5.74) is 5.64. The van der Waals surface area contributed by atoms with Gasteiger partial charge in [0.15, 0.2) is 0 Å². The quantitative estimate of drug-likeness (QED) is 0.0433. The summed E-state index contributed by atoms with van der Waals surface area (Å²) >= 11 is 0. The van der Waals surface area contributed by atoms with Crippen LogP contribution in [0.4, 0.5) is 0 Å². The minimum Gasteiger partial charge on any atom is -0.353 e. The van der Waals surface area contributed by atoms with Gasteiger partial charge in [0.1, 0.15) is 24.4 Å². The SMILES string of the molecule is CCCCCCCCCCCC(=O)N1CCCC1C(=O)NC(CCCCNC1OC1C1CCCN1C(=O)CCCCCCCCCCC)C(=O)NCCN. The molecule has 11 heteroatoms. The van der Waals surface area contributed by atoms with Crippen LogP contribution in [0.15, 0.2) is 0 Å². The summed E-state index contributed by atoms with van der Waals surface area (Å²) < 4.78 is 6.02. The summed E-state index contributed by atoms with van der Waals surface area (Å²) in [7, 11) is 0. The fourth-order valence-electron chi connectivity index (χ4n) is 8.40. The average molecular weight is 761 g/mol. The second-order valence-electron chi connectivity index (χ2n) is 16.3. The van der Waals surface area contributed by atoms with Crippen molar-refractivity contribution in [3.8, 4) is 0 Å². The van der Waals surface area contributed by atoms with Crippen LogP contribution in [-0.2, 0) is 23.9 Å². The van der Waals surface area contributed by atoms with Gasteiger partial charge in [0.05, 0.1) is 6.04 Å². The molecular formula is C43H80N6O5. The Balaban J connectivity index is 1.32. The van der Waals surface area contributed by atoms with Crippen LogP contribution >= 0.6 is 0 Å². The molecule has 0 aromatic carbocycles. The van der Waals surface area contributed by atoms with Crippen LogP contribution in [0, 0.1) is 0 Å². The average Bonchev–Trinajstić information content (AvgIpc) is 3.51. The van der Waals surface area contributed by atoms with Gasteiger partial charge in [0, 0.05) is 39.0 Å². The highest BCUT2D eigenvalue weighted by Gasteiger charge is 2.49. The van der Waals surface area contributed by atoms with E-state index < -0.39 is 12.1 Å². The first-order valence-corrected chi connectivity index (χ1v) is 22.7. The van der Waals surface area contributed by atoms with E-state index in [1.165, 1.54) is 83.5 Å². The molecule has 3 aliphatic heterocycles. The van der Waals surface area contributed by atoms with Crippen LogP contribution in [-0.4, -0.2) is 96.6 Å². The van der Waals surface area contributed by atoms with Gasteiger partial charge in [-0.1, -0.05) is 117 Å². The van der Waals surface area contributed by atoms with Gasteiger partial charge in [0.25, 0.3) is 0 Å². The van der Waals surface area contributed by atoms with E-state index in [0.29, 0.717) is 45.3 Å². The molecule has 0 spiro atoms. The number of rotatable bonds is 32. The molecule has 0 radical (unpaired) electrons. The minimum atomic E-state index is -0.673. The van der Waals surface area contributed by atoms with Crippen LogP contribution in [0.3, 0.4) is 0 Å². The maximum absolute atomic E-state index is 13.5. The number of unbranched alkanes of at least 4 members (excludes halogenated alkanes) is 17. The molecule has 3 saturated heterocycles. The predicted molar refractivity (Wildman–Crippen MR) is 218 cm³/mol. The zero-order valence-electron chi connectivity index (χ0n) is 34.5. The van der Waals surface area contributed by atoms with Crippen LogP contribution in [0.5, 0.6) is 0 Å². The summed E-state index contributed by atoms with van der Waals surface area (Å²) in [6.07, 6.45) is 28.7. The molecule has 5 unspecified atom stereocenters. The lowest BCUT2D eigenvalue weighted by Crippen LogP contribution is -2.53. The van der Waals surface area contributed by atoms with E-state index in [0.717, 1.165) is 77.3 Å². The smallest absolute Gasteiger partial charge is 0.243 e. The molecule has 0 bridgehead atoms. The number of likely N-dealkylation sites (tertiary alicyclic amines) is 2. The van der Waals surface area contributed by atoms with E-state index >= 15 is 0 Å². The Morgan fingerprint density at radius 2 is 1.20 bits per heavy atom. The Morgan fingerprint density at radius 1 is 0.667 bits per heavy atom. The molecule has 5 atom stereocenters. The van der Waals surface area contributed by atoms with Crippen molar-refractivity contribution in [1.29, 1.82) is 0 Å². The molecule has 54 heavy (non-hydrogen) atoms. The number of epoxide rings is 1. The number of nitrogens with one attached hydrogen (secondary N) is 3. The number of nitrogens with two attached hydrogens (primary N) is 1. The van der Waals surface area contributed by atoms with Crippen molar-refractivity contribution in [1.82, 2.24) is 25.8 Å². The summed E-state index contributed by atoms with van der Waals surface area (Å²) in [5, 5.41) is 9.34. The van der Waals surface area contributed by atoms with Gasteiger partial charge in [-0.15, -0.1) is 0 Å². The first-order chi connectivity index (χ1) is 26.4. The van der Waals surface area contributed by atoms with Gasteiger partial charge in [-0.25, -0.2) is 0 Å². The van der Waals surface area contributed by atoms with Gasteiger partial charge in [-0.05, 0) is 64.3 Å². The van der Waals surface area contributed by atoms with E-state index in [9.17, 15) is 19.2 Å². The summed E-state index contributed by atoms with van der Waals surface area (Å²) in [6, 6.07) is -1.03. The first kappa shape index (κ1) is 46.1. The molecule has 0 aromatic heterocycles. The largest absolute Gasteiger partial charge is 0.353 e. The molecule has 3 aliphatic rings. The summed E-state index contributed by atoms with van der Waals surface area (Å²) in [5.74, 6) is -0.136. The number of carbonyl (C=O) groups is 4. The third-order valence-electron chi connectivity index (χ3n) is 11.7. The highest BCUT2D eigenvalue weighted by molar-refractivity contribution is 5.92. The van der Waals surface area contributed by atoms with Gasteiger partial charge in [-0.3, -0.25) is 24.5 Å². The minimum absolute atomic E-state index is 0.0408. The van der Waals surface area contributed by atoms with Gasteiger partial charge in [0.2, 0.25) is 23.6 Å². The standard InChI is InChI=1S/C43H80N6O5/c1-3-5-7-9-11-13-15-17-19-28-38(50)48-33-23-26-36(48)40-43(54-40)46-31-22-21-25-35(41(52)45-32-30-44)47-42(53)37-27-24-34-49(37)39(51)29-20-18-16-14-12-10-8-6-4-2/h35-37,40,43,46H,3-34,44H2,1-2H3,(H,45,52)(H,47,53). The monoisotopic (exact) mass is 761 g/mol. The molecule has 11 nitrogen and oxygen atoms in total. The summed E-state index contributed by atoms with van der Waals surface area (Å²) in [6.45, 7) is 7.32. The number of hydrogen-bond acceptors (Lipinski definition) is 7. The maximum Gasteiger partial charge on any atom is 0.243 e. The van der Waals surface area contributed by atoms with Crippen molar-refractivity contribution >= 4 is 23.6 Å².